The van der Waals surface area contributed by atoms with Gasteiger partial charge in [0.05, 0.1) is 7.11 Å². The summed E-state index contributed by atoms with van der Waals surface area (Å²) in [6, 6.07) is 10.3. The van der Waals surface area contributed by atoms with Gasteiger partial charge in [-0.3, -0.25) is 0 Å². The maximum absolute atomic E-state index is 2.98. The number of benzene rings is 2. The Kier molecular flexibility index (Phi) is 9.55. The molecule has 39 heavy (non-hydrogen) atoms. The Bertz CT molecular complexity index is 1090. The van der Waals surface area contributed by atoms with E-state index in [0.717, 1.165) is 0 Å². The SMILES string of the molecule is Cc1cc(C)c([Si](c2c(C)cc(C)cc2C)([Si](C)(C)[Si](C)(C)[Si](C)(C)C)[Si](C)(C)[Si](C)(C)[Si](C)(C)C)c(C)c1. The lowest BCUT2D eigenvalue weighted by atomic mass is 10.1. The first-order valence-electron chi connectivity index (χ1n) is 15.3. The molecule has 0 saturated carbocycles. The van der Waals surface area contributed by atoms with Crippen molar-refractivity contribution < 1.29 is 0 Å². The smallest absolute Gasteiger partial charge is 0.0733 e. The third-order valence-corrected chi connectivity index (χ3v) is 152. The highest BCUT2D eigenvalue weighted by Crippen LogP contribution is 2.45. The lowest BCUT2D eigenvalue weighted by Gasteiger charge is -2.67. The number of rotatable bonds is 8. The quantitative estimate of drug-likeness (QED) is 0.252. The average Bonchev–Trinajstić information content (AvgIpc) is 2.68. The van der Waals surface area contributed by atoms with Crippen molar-refractivity contribution in [2.24, 2.45) is 0 Å². The maximum atomic E-state index is 2.98. The summed E-state index contributed by atoms with van der Waals surface area (Å²) < 4.78 is 0. The lowest BCUT2D eigenvalue weighted by Crippen LogP contribution is -2.99. The lowest BCUT2D eigenvalue weighted by molar-refractivity contribution is 1.33. The van der Waals surface area contributed by atoms with Crippen molar-refractivity contribution in [2.45, 2.75) is 133 Å². The Hall–Kier alpha value is -0.0418. The number of hydrogen-bond acceptors (Lipinski definition) is 0. The summed E-state index contributed by atoms with van der Waals surface area (Å²) in [5, 5.41) is 3.82. The van der Waals surface area contributed by atoms with Crippen molar-refractivity contribution in [1.29, 1.82) is 0 Å². The summed E-state index contributed by atoms with van der Waals surface area (Å²) in [7, 11) is -11.9. The van der Waals surface area contributed by atoms with E-state index in [1.165, 1.54) is 11.1 Å². The highest BCUT2D eigenvalue weighted by Gasteiger charge is 2.73. The molecule has 220 valence electrons. The maximum Gasteiger partial charge on any atom is 0.0999 e. The van der Waals surface area contributed by atoms with Crippen LogP contribution in [0.2, 0.25) is 91.7 Å². The minimum absolute atomic E-state index is 1.39. The third kappa shape index (κ3) is 5.11. The van der Waals surface area contributed by atoms with Crippen LogP contribution in [0, 0.1) is 41.5 Å². The molecule has 0 nitrogen and oxygen atoms in total. The molecule has 0 aliphatic carbocycles. The Balaban J connectivity index is 3.58. The van der Waals surface area contributed by atoms with Crippen LogP contribution < -0.4 is 10.4 Å². The second-order valence-electron chi connectivity index (χ2n) is 17.3. The van der Waals surface area contributed by atoms with Gasteiger partial charge in [0, 0.05) is 43.6 Å². The zero-order valence-corrected chi connectivity index (χ0v) is 36.8. The molecular formula is C32H64Si7. The van der Waals surface area contributed by atoms with Gasteiger partial charge in [0.15, 0.2) is 0 Å². The second kappa shape index (κ2) is 10.6. The van der Waals surface area contributed by atoms with Gasteiger partial charge in [-0.25, -0.2) is 0 Å². The molecular weight excluding hydrogens is 581 g/mol. The van der Waals surface area contributed by atoms with Crippen molar-refractivity contribution in [2.75, 3.05) is 0 Å². The van der Waals surface area contributed by atoms with Gasteiger partial charge in [-0.1, -0.05) is 160 Å². The average molecular weight is 645 g/mol. The fraction of sp³-hybridized carbons (Fsp3) is 0.625. The highest BCUT2D eigenvalue weighted by molar-refractivity contribution is 8.04. The van der Waals surface area contributed by atoms with Gasteiger partial charge in [-0.15, -0.1) is 0 Å². The van der Waals surface area contributed by atoms with E-state index in [-0.39, 0.29) is 0 Å². The summed E-state index contributed by atoms with van der Waals surface area (Å²) in [5.74, 6) is 0. The summed E-state index contributed by atoms with van der Waals surface area (Å²) >= 11 is 0. The van der Waals surface area contributed by atoms with Crippen LogP contribution in [-0.4, -0.2) is 50.7 Å². The zero-order valence-electron chi connectivity index (χ0n) is 29.8. The van der Waals surface area contributed by atoms with E-state index >= 15 is 0 Å². The molecule has 0 aliphatic rings. The van der Waals surface area contributed by atoms with Gasteiger partial charge in [0.2, 0.25) is 0 Å². The monoisotopic (exact) mass is 644 g/mol. The fourth-order valence-electron chi connectivity index (χ4n) is 8.51. The fourth-order valence-corrected chi connectivity index (χ4v) is 198. The molecule has 0 aliphatic heterocycles. The van der Waals surface area contributed by atoms with Gasteiger partial charge < -0.3 is 0 Å². The van der Waals surface area contributed by atoms with Crippen molar-refractivity contribution in [3.8, 4) is 0 Å². The molecule has 7 heteroatoms. The van der Waals surface area contributed by atoms with Gasteiger partial charge in [0.25, 0.3) is 0 Å². The first kappa shape index (κ1) is 35.2. The Morgan fingerprint density at radius 2 is 0.538 bits per heavy atom. The van der Waals surface area contributed by atoms with E-state index in [9.17, 15) is 0 Å². The molecule has 0 fully saturated rings. The van der Waals surface area contributed by atoms with Crippen LogP contribution in [0.5, 0.6) is 0 Å². The predicted molar refractivity (Wildman–Crippen MR) is 203 cm³/mol. The predicted octanol–water partition coefficient (Wildman–Crippen LogP) is 9.08. The molecule has 2 aromatic carbocycles. The first-order chi connectivity index (χ1) is 17.1. The van der Waals surface area contributed by atoms with Crippen molar-refractivity contribution in [3.63, 3.8) is 0 Å². The van der Waals surface area contributed by atoms with Crippen molar-refractivity contribution >= 4 is 61.1 Å². The normalized spacial score (nSPS) is 14.7. The molecule has 0 bridgehead atoms. The van der Waals surface area contributed by atoms with Crippen LogP contribution >= 0.6 is 0 Å². The van der Waals surface area contributed by atoms with Gasteiger partial charge in [-0.2, -0.15) is 0 Å². The standard InChI is InChI=1S/C32H64Si7/c1-25-21-27(3)31(28(4)22-25)39(32-29(5)23-26(2)24-30(32)6,37(17,18)35(13,14)33(7,8)9)38(19,20)36(15,16)34(10,11)12/h21-24H,1-20H3. The van der Waals surface area contributed by atoms with Crippen LogP contribution in [0.4, 0.5) is 0 Å². The molecule has 0 unspecified atom stereocenters. The Morgan fingerprint density at radius 1 is 0.333 bits per heavy atom. The second-order valence-corrected chi connectivity index (χ2v) is 92.8. The van der Waals surface area contributed by atoms with Gasteiger partial charge >= 0.3 is 0 Å². The largest absolute Gasteiger partial charge is 0.0999 e. The van der Waals surface area contributed by atoms with E-state index in [0.29, 0.717) is 0 Å². The third-order valence-electron chi connectivity index (χ3n) is 12.9. The van der Waals surface area contributed by atoms with E-state index in [4.69, 9.17) is 0 Å². The topological polar surface area (TPSA) is 0 Å². The minimum atomic E-state index is -2.25. The molecule has 0 saturated heterocycles. The molecule has 0 atom stereocenters. The zero-order chi connectivity index (χ0) is 30.9. The molecule has 0 amide bonds. The minimum Gasteiger partial charge on any atom is -0.0733 e. The van der Waals surface area contributed by atoms with E-state index in [1.807, 2.05) is 10.4 Å². The summed E-state index contributed by atoms with van der Waals surface area (Å²) in [6.07, 6.45) is 0. The van der Waals surface area contributed by atoms with E-state index < -0.39 is 50.7 Å². The van der Waals surface area contributed by atoms with Crippen molar-refractivity contribution in [3.05, 3.63) is 57.6 Å². The molecule has 0 heterocycles. The van der Waals surface area contributed by atoms with E-state index in [1.54, 1.807) is 22.3 Å². The van der Waals surface area contributed by atoms with Crippen molar-refractivity contribution in [1.82, 2.24) is 0 Å². The first-order valence-corrected chi connectivity index (χ1v) is 42.3. The number of hydrogen-bond donors (Lipinski definition) is 0. The Morgan fingerprint density at radius 3 is 0.718 bits per heavy atom. The van der Waals surface area contributed by atoms with E-state index in [2.05, 4.69) is 157 Å². The van der Waals surface area contributed by atoms with Gasteiger partial charge in [0.1, 0.15) is 0 Å². The summed E-state index contributed by atoms with van der Waals surface area (Å²) in [6.45, 7) is 54.6. The van der Waals surface area contributed by atoms with Crippen LogP contribution in [0.25, 0.3) is 0 Å². The molecule has 2 rings (SSSR count). The molecule has 0 radical (unpaired) electrons. The molecule has 0 spiro atoms. The molecule has 2 aromatic rings. The highest BCUT2D eigenvalue weighted by atomic mass is 30.1. The van der Waals surface area contributed by atoms with Crippen LogP contribution in [0.1, 0.15) is 33.4 Å². The number of aryl methyl sites for hydroxylation is 6. The summed E-state index contributed by atoms with van der Waals surface area (Å²) in [5.41, 5.74) is 9.38. The molecule has 0 N–H and O–H groups in total. The van der Waals surface area contributed by atoms with Crippen LogP contribution in [0.15, 0.2) is 24.3 Å². The van der Waals surface area contributed by atoms with Crippen LogP contribution in [0.3, 0.4) is 0 Å². The van der Waals surface area contributed by atoms with Crippen LogP contribution in [-0.2, 0) is 0 Å². The molecule has 0 aromatic heterocycles. The summed E-state index contributed by atoms with van der Waals surface area (Å²) in [4.78, 5) is 0. The Labute approximate surface area is 250 Å². The van der Waals surface area contributed by atoms with Gasteiger partial charge in [-0.05, 0) is 41.5 Å².